The maximum atomic E-state index is 15.5. The summed E-state index contributed by atoms with van der Waals surface area (Å²) in [5, 5.41) is 7.05. The molecule has 0 unspecified atom stereocenters. The summed E-state index contributed by atoms with van der Waals surface area (Å²) in [6.45, 7) is 0. The van der Waals surface area contributed by atoms with Crippen molar-refractivity contribution >= 4 is 49.4 Å². The quantitative estimate of drug-likeness (QED) is 0.161. The molecule has 2 aliphatic rings. The first kappa shape index (κ1) is 33.7. The summed E-state index contributed by atoms with van der Waals surface area (Å²) in [4.78, 5) is 2.25. The molecule has 0 aliphatic heterocycles. The van der Waals surface area contributed by atoms with Gasteiger partial charge in [0.15, 0.2) is 0 Å². The van der Waals surface area contributed by atoms with E-state index in [0.717, 1.165) is 72.2 Å². The fourth-order valence-corrected chi connectivity index (χ4v) is 10.2. The molecule has 10 aromatic carbocycles. The Morgan fingerprint density at radius 3 is 1.19 bits per heavy atom. The van der Waals surface area contributed by atoms with E-state index in [-0.39, 0.29) is 0 Å². The summed E-state index contributed by atoms with van der Waals surface area (Å²) >= 11 is 0. The van der Waals surface area contributed by atoms with Crippen LogP contribution in [0.25, 0.3) is 65.7 Å². The van der Waals surface area contributed by atoms with E-state index in [1.807, 2.05) is 18.2 Å². The zero-order chi connectivity index (χ0) is 39.4. The average Bonchev–Trinajstić information content (AvgIpc) is 3.72. The van der Waals surface area contributed by atoms with Gasteiger partial charge in [0.2, 0.25) is 0 Å². The summed E-state index contributed by atoms with van der Waals surface area (Å²) in [6.07, 6.45) is 0. The Balaban J connectivity index is 1.14. The summed E-state index contributed by atoms with van der Waals surface area (Å²) in [5.41, 5.74) is 9.99. The highest BCUT2D eigenvalue weighted by molar-refractivity contribution is 6.25. The Labute approximate surface area is 338 Å². The summed E-state index contributed by atoms with van der Waals surface area (Å²) in [7, 11) is 0. The molecule has 0 atom stereocenters. The number of fused-ring (bicyclic) bond motifs is 16. The molecule has 0 saturated heterocycles. The van der Waals surface area contributed by atoms with E-state index in [1.54, 1.807) is 36.4 Å². The molecule has 4 heteroatoms. The highest BCUT2D eigenvalue weighted by atomic mass is 19.1. The molecular formula is C55H32F3N. The minimum Gasteiger partial charge on any atom is -0.310 e. The van der Waals surface area contributed by atoms with E-state index in [9.17, 15) is 0 Å². The maximum absolute atomic E-state index is 15.5. The summed E-state index contributed by atoms with van der Waals surface area (Å²) in [6, 6.07) is 63.3. The van der Waals surface area contributed by atoms with Gasteiger partial charge < -0.3 is 4.90 Å². The van der Waals surface area contributed by atoms with Crippen LogP contribution >= 0.6 is 0 Å². The van der Waals surface area contributed by atoms with Crippen molar-refractivity contribution in [2.24, 2.45) is 0 Å². The molecule has 59 heavy (non-hydrogen) atoms. The Bertz CT molecular complexity index is 3260. The normalized spacial score (nSPS) is 13.1. The number of halogens is 3. The van der Waals surface area contributed by atoms with Crippen LogP contribution in [0.3, 0.4) is 0 Å². The predicted octanol–water partition coefficient (Wildman–Crippen LogP) is 15.0. The number of hydrogen-bond acceptors (Lipinski definition) is 1. The fourth-order valence-electron chi connectivity index (χ4n) is 10.2. The third kappa shape index (κ3) is 4.80. The molecule has 1 nitrogen and oxygen atoms in total. The van der Waals surface area contributed by atoms with Crippen molar-refractivity contribution in [3.63, 3.8) is 0 Å². The van der Waals surface area contributed by atoms with Crippen LogP contribution in [0.4, 0.5) is 30.2 Å². The lowest BCUT2D eigenvalue weighted by Gasteiger charge is -2.32. The van der Waals surface area contributed by atoms with Crippen molar-refractivity contribution in [2.45, 2.75) is 5.41 Å². The van der Waals surface area contributed by atoms with Gasteiger partial charge in [0.1, 0.15) is 17.5 Å². The molecule has 0 aromatic heterocycles. The molecule has 0 amide bonds. The number of rotatable bonds is 4. The van der Waals surface area contributed by atoms with Crippen molar-refractivity contribution in [3.8, 4) is 33.4 Å². The lowest BCUT2D eigenvalue weighted by molar-refractivity contribution is 0.613. The monoisotopic (exact) mass is 763 g/mol. The summed E-state index contributed by atoms with van der Waals surface area (Å²) in [5.74, 6) is -1.22. The van der Waals surface area contributed by atoms with E-state index in [1.165, 1.54) is 34.4 Å². The van der Waals surface area contributed by atoms with Crippen molar-refractivity contribution < 1.29 is 13.2 Å². The zero-order valence-electron chi connectivity index (χ0n) is 31.6. The molecule has 278 valence electrons. The average molecular weight is 764 g/mol. The van der Waals surface area contributed by atoms with E-state index in [4.69, 9.17) is 0 Å². The lowest BCUT2D eigenvalue weighted by atomic mass is 9.70. The first-order valence-corrected chi connectivity index (χ1v) is 19.8. The largest absolute Gasteiger partial charge is 0.310 e. The van der Waals surface area contributed by atoms with Gasteiger partial charge in [-0.25, -0.2) is 13.2 Å². The van der Waals surface area contributed by atoms with Crippen LogP contribution in [-0.2, 0) is 5.41 Å². The van der Waals surface area contributed by atoms with Gasteiger partial charge >= 0.3 is 0 Å². The van der Waals surface area contributed by atoms with Gasteiger partial charge in [0, 0.05) is 17.1 Å². The van der Waals surface area contributed by atoms with Crippen molar-refractivity contribution in [2.75, 3.05) is 4.90 Å². The Hall–Kier alpha value is -7.43. The Kier molecular flexibility index (Phi) is 7.16. The van der Waals surface area contributed by atoms with E-state index in [2.05, 4.69) is 126 Å². The number of benzene rings is 10. The highest BCUT2D eigenvalue weighted by Gasteiger charge is 2.52. The molecule has 10 aromatic rings. The van der Waals surface area contributed by atoms with E-state index >= 15 is 13.2 Å². The zero-order valence-corrected chi connectivity index (χ0v) is 31.6. The molecule has 0 bridgehead atoms. The second-order valence-corrected chi connectivity index (χ2v) is 15.6. The second kappa shape index (κ2) is 12.5. The second-order valence-electron chi connectivity index (χ2n) is 15.6. The molecule has 0 fully saturated rings. The van der Waals surface area contributed by atoms with Crippen LogP contribution < -0.4 is 4.90 Å². The number of hydrogen-bond donors (Lipinski definition) is 0. The maximum Gasteiger partial charge on any atom is 0.123 e. The van der Waals surface area contributed by atoms with Crippen molar-refractivity contribution in [3.05, 3.63) is 234 Å². The minimum atomic E-state index is -1.17. The highest BCUT2D eigenvalue weighted by Crippen LogP contribution is 2.63. The van der Waals surface area contributed by atoms with Crippen LogP contribution in [0.15, 0.2) is 194 Å². The predicted molar refractivity (Wildman–Crippen MR) is 235 cm³/mol. The lowest BCUT2D eigenvalue weighted by Crippen LogP contribution is -2.26. The SMILES string of the molecule is Fc1ccc2c(c1)C1(c3cc(F)ccc3-2)c2cc(F)ccc2-c2ccc(N(c3ccc(-c4ccccc4)cc3)c3ccc4c5ccccc5c5ccccc5c4c3)cc21. The Morgan fingerprint density at radius 2 is 0.661 bits per heavy atom. The Morgan fingerprint density at radius 1 is 0.288 bits per heavy atom. The molecule has 0 radical (unpaired) electrons. The molecule has 0 heterocycles. The third-order valence-corrected chi connectivity index (χ3v) is 12.6. The first-order valence-electron chi connectivity index (χ1n) is 19.8. The number of anilines is 3. The van der Waals surface area contributed by atoms with Gasteiger partial charge in [0.05, 0.1) is 5.41 Å². The van der Waals surface area contributed by atoms with Crippen LogP contribution in [0.5, 0.6) is 0 Å². The topological polar surface area (TPSA) is 3.24 Å². The van der Waals surface area contributed by atoms with Crippen LogP contribution in [-0.4, -0.2) is 0 Å². The van der Waals surface area contributed by atoms with Gasteiger partial charge in [-0.1, -0.05) is 121 Å². The molecule has 0 saturated carbocycles. The van der Waals surface area contributed by atoms with E-state index < -0.39 is 22.9 Å². The van der Waals surface area contributed by atoms with Gasteiger partial charge in [-0.15, -0.1) is 0 Å². The van der Waals surface area contributed by atoms with Gasteiger partial charge in [0.25, 0.3) is 0 Å². The molecule has 2 aliphatic carbocycles. The number of nitrogens with zero attached hydrogens (tertiary/aromatic N) is 1. The van der Waals surface area contributed by atoms with Gasteiger partial charge in [-0.2, -0.15) is 0 Å². The van der Waals surface area contributed by atoms with Gasteiger partial charge in [-0.05, 0) is 161 Å². The molecule has 0 N–H and O–H groups in total. The third-order valence-electron chi connectivity index (χ3n) is 12.6. The van der Waals surface area contributed by atoms with Crippen LogP contribution in [0.1, 0.15) is 22.3 Å². The minimum absolute atomic E-state index is 0.407. The van der Waals surface area contributed by atoms with Gasteiger partial charge in [-0.3, -0.25) is 0 Å². The smallest absolute Gasteiger partial charge is 0.123 e. The van der Waals surface area contributed by atoms with Crippen LogP contribution in [0.2, 0.25) is 0 Å². The molecule has 12 rings (SSSR count). The summed E-state index contributed by atoms with van der Waals surface area (Å²) < 4.78 is 46.6. The van der Waals surface area contributed by atoms with Crippen molar-refractivity contribution in [1.29, 1.82) is 0 Å². The standard InChI is InChI=1S/C55H32F3N/c56-35-16-23-46-47-24-17-36(57)29-52(47)55(51(46)28-35)53-30-37(58)18-25-48(53)49-27-22-40(32-54(49)55)59(38-19-14-34(15-20-38)33-8-2-1-3-9-33)39-21-26-45-43-12-5-4-10-41(43)42-11-6-7-13-44(42)50(45)31-39/h1-32H. The molecule has 1 spiro atoms. The van der Waals surface area contributed by atoms with E-state index in [0.29, 0.717) is 16.7 Å². The molecular weight excluding hydrogens is 732 g/mol. The first-order chi connectivity index (χ1) is 29.0. The van der Waals surface area contributed by atoms with Crippen LogP contribution in [0, 0.1) is 17.5 Å². The van der Waals surface area contributed by atoms with Crippen molar-refractivity contribution in [1.82, 2.24) is 0 Å². The fraction of sp³-hybridized carbons (Fsp3) is 0.0182.